The van der Waals surface area contributed by atoms with Gasteiger partial charge in [0.2, 0.25) is 17.6 Å². The summed E-state index contributed by atoms with van der Waals surface area (Å²) in [4.78, 5) is 17.2. The molecule has 0 aliphatic heterocycles. The lowest BCUT2D eigenvalue weighted by Gasteiger charge is -2.03. The first-order chi connectivity index (χ1) is 11.2. The van der Waals surface area contributed by atoms with E-state index in [1.165, 1.54) is 5.56 Å². The fraction of sp³-hybridized carbons (Fsp3) is 0.235. The molecule has 0 atom stereocenters. The van der Waals surface area contributed by atoms with E-state index in [-0.39, 0.29) is 12.5 Å². The lowest BCUT2D eigenvalue weighted by Crippen LogP contribution is -2.24. The van der Waals surface area contributed by atoms with Gasteiger partial charge in [0, 0.05) is 0 Å². The van der Waals surface area contributed by atoms with Crippen molar-refractivity contribution in [1.29, 1.82) is 0 Å². The molecule has 6 heteroatoms. The molecule has 2 heterocycles. The molecule has 118 valence electrons. The Hall–Kier alpha value is -2.47. The first-order valence-electron chi connectivity index (χ1n) is 7.45. The number of aryl methyl sites for hydroxylation is 1. The predicted molar refractivity (Wildman–Crippen MR) is 89.0 cm³/mol. The van der Waals surface area contributed by atoms with Crippen LogP contribution in [0.2, 0.25) is 0 Å². The maximum absolute atomic E-state index is 12.0. The molecule has 0 aliphatic rings. The molecule has 5 nitrogen and oxygen atoms in total. The molecule has 0 bridgehead atoms. The Labute approximate surface area is 138 Å². The van der Waals surface area contributed by atoms with Crippen molar-refractivity contribution >= 4 is 17.2 Å². The molecule has 3 rings (SSSR count). The lowest BCUT2D eigenvalue weighted by atomic mass is 10.1. The maximum Gasteiger partial charge on any atom is 0.246 e. The van der Waals surface area contributed by atoms with Gasteiger partial charge in [-0.3, -0.25) is 4.79 Å². The van der Waals surface area contributed by atoms with Gasteiger partial charge in [0.05, 0.1) is 17.8 Å². The van der Waals surface area contributed by atoms with E-state index < -0.39 is 0 Å². The highest BCUT2D eigenvalue weighted by atomic mass is 32.1. The summed E-state index contributed by atoms with van der Waals surface area (Å²) in [7, 11) is 0. The van der Waals surface area contributed by atoms with Gasteiger partial charge in [-0.25, -0.2) is 0 Å². The topological polar surface area (TPSA) is 68.0 Å². The second-order valence-electron chi connectivity index (χ2n) is 5.11. The summed E-state index contributed by atoms with van der Waals surface area (Å²) >= 11 is 1.55. The van der Waals surface area contributed by atoms with Crippen LogP contribution < -0.4 is 5.32 Å². The number of carbonyl (C=O) groups excluding carboxylic acids is 1. The molecular formula is C17H17N3O2S. The first-order valence-corrected chi connectivity index (χ1v) is 8.33. The van der Waals surface area contributed by atoms with Gasteiger partial charge < -0.3 is 9.84 Å². The van der Waals surface area contributed by atoms with Crippen LogP contribution in [0, 0.1) is 0 Å². The number of rotatable bonds is 6. The Kier molecular flexibility index (Phi) is 4.83. The number of amides is 1. The molecule has 0 saturated heterocycles. The van der Waals surface area contributed by atoms with Gasteiger partial charge in [0.1, 0.15) is 0 Å². The van der Waals surface area contributed by atoms with E-state index in [1.54, 1.807) is 11.3 Å². The SMILES string of the molecule is CCc1ccc(CC(=O)NCc2nc(-c3cccs3)no2)cc1. The van der Waals surface area contributed by atoms with Crippen LogP contribution in [0.5, 0.6) is 0 Å². The Balaban J connectivity index is 1.52. The summed E-state index contributed by atoms with van der Waals surface area (Å²) in [5.41, 5.74) is 2.26. The number of carbonyl (C=O) groups is 1. The highest BCUT2D eigenvalue weighted by Crippen LogP contribution is 2.21. The van der Waals surface area contributed by atoms with E-state index >= 15 is 0 Å². The standard InChI is InChI=1S/C17H17N3O2S/c1-2-12-5-7-13(8-6-12)10-15(21)18-11-16-19-17(20-22-16)14-4-3-9-23-14/h3-9H,2,10-11H2,1H3,(H,18,21). The van der Waals surface area contributed by atoms with Crippen LogP contribution in [-0.2, 0) is 24.2 Å². The molecule has 0 aliphatic carbocycles. The van der Waals surface area contributed by atoms with Crippen LogP contribution in [0.4, 0.5) is 0 Å². The quantitative estimate of drug-likeness (QED) is 0.755. The van der Waals surface area contributed by atoms with E-state index in [1.807, 2.05) is 41.8 Å². The van der Waals surface area contributed by atoms with Crippen LogP contribution in [0.25, 0.3) is 10.7 Å². The van der Waals surface area contributed by atoms with Gasteiger partial charge in [-0.1, -0.05) is 42.4 Å². The van der Waals surface area contributed by atoms with Crippen molar-refractivity contribution in [1.82, 2.24) is 15.5 Å². The smallest absolute Gasteiger partial charge is 0.246 e. The molecule has 23 heavy (non-hydrogen) atoms. The van der Waals surface area contributed by atoms with Crippen molar-refractivity contribution in [3.63, 3.8) is 0 Å². The molecule has 3 aromatic rings. The second-order valence-corrected chi connectivity index (χ2v) is 6.06. The van der Waals surface area contributed by atoms with Crippen LogP contribution in [-0.4, -0.2) is 16.0 Å². The Bertz CT molecular complexity index is 764. The van der Waals surface area contributed by atoms with Crippen molar-refractivity contribution in [3.05, 3.63) is 58.8 Å². The summed E-state index contributed by atoms with van der Waals surface area (Å²) in [6.07, 6.45) is 1.34. The van der Waals surface area contributed by atoms with E-state index in [0.29, 0.717) is 18.1 Å². The average molecular weight is 327 g/mol. The highest BCUT2D eigenvalue weighted by molar-refractivity contribution is 7.13. The van der Waals surface area contributed by atoms with Gasteiger partial charge >= 0.3 is 0 Å². The largest absolute Gasteiger partial charge is 0.347 e. The monoisotopic (exact) mass is 327 g/mol. The molecule has 0 fully saturated rings. The summed E-state index contributed by atoms with van der Waals surface area (Å²) in [6.45, 7) is 2.35. The number of benzene rings is 1. The van der Waals surface area contributed by atoms with E-state index in [2.05, 4.69) is 22.4 Å². The maximum atomic E-state index is 12.0. The number of nitrogens with zero attached hydrogens (tertiary/aromatic N) is 2. The Morgan fingerprint density at radius 2 is 2.00 bits per heavy atom. The van der Waals surface area contributed by atoms with E-state index in [4.69, 9.17) is 4.52 Å². The fourth-order valence-corrected chi connectivity index (χ4v) is 2.80. The molecule has 2 aromatic heterocycles. The van der Waals surface area contributed by atoms with Gasteiger partial charge in [-0.2, -0.15) is 4.98 Å². The predicted octanol–water partition coefficient (Wildman–Crippen LogP) is 3.22. The van der Waals surface area contributed by atoms with Crippen LogP contribution >= 0.6 is 11.3 Å². The number of aromatic nitrogens is 2. The summed E-state index contributed by atoms with van der Waals surface area (Å²) in [6, 6.07) is 11.9. The van der Waals surface area contributed by atoms with Crippen molar-refractivity contribution in [3.8, 4) is 10.7 Å². The summed E-state index contributed by atoms with van der Waals surface area (Å²) in [5.74, 6) is 0.896. The van der Waals surface area contributed by atoms with E-state index in [9.17, 15) is 4.79 Å². The van der Waals surface area contributed by atoms with Crippen LogP contribution in [0.1, 0.15) is 23.9 Å². The fourth-order valence-electron chi connectivity index (χ4n) is 2.15. The minimum Gasteiger partial charge on any atom is -0.347 e. The Morgan fingerprint density at radius 1 is 1.22 bits per heavy atom. The Morgan fingerprint density at radius 3 is 2.70 bits per heavy atom. The number of nitrogens with one attached hydrogen (secondary N) is 1. The summed E-state index contributed by atoms with van der Waals surface area (Å²) < 4.78 is 5.15. The number of hydrogen-bond donors (Lipinski definition) is 1. The molecule has 1 N–H and O–H groups in total. The molecule has 0 spiro atoms. The van der Waals surface area contributed by atoms with Gasteiger partial charge in [-0.05, 0) is 29.0 Å². The van der Waals surface area contributed by atoms with E-state index in [0.717, 1.165) is 16.9 Å². The van der Waals surface area contributed by atoms with Crippen LogP contribution in [0.3, 0.4) is 0 Å². The zero-order valence-corrected chi connectivity index (χ0v) is 13.6. The van der Waals surface area contributed by atoms with Crippen molar-refractivity contribution in [2.24, 2.45) is 0 Å². The zero-order valence-electron chi connectivity index (χ0n) is 12.8. The van der Waals surface area contributed by atoms with Crippen molar-refractivity contribution < 1.29 is 9.32 Å². The third-order valence-electron chi connectivity index (χ3n) is 3.44. The van der Waals surface area contributed by atoms with Crippen molar-refractivity contribution in [2.75, 3.05) is 0 Å². The molecule has 0 unspecified atom stereocenters. The minimum absolute atomic E-state index is 0.0647. The number of thiophene rings is 1. The normalized spacial score (nSPS) is 10.7. The molecule has 1 aromatic carbocycles. The molecular weight excluding hydrogens is 310 g/mol. The average Bonchev–Trinajstić information content (AvgIpc) is 3.25. The van der Waals surface area contributed by atoms with Crippen LogP contribution in [0.15, 0.2) is 46.3 Å². The highest BCUT2D eigenvalue weighted by Gasteiger charge is 2.10. The third-order valence-corrected chi connectivity index (χ3v) is 4.31. The number of hydrogen-bond acceptors (Lipinski definition) is 5. The second kappa shape index (κ2) is 7.19. The molecule has 0 radical (unpaired) electrons. The van der Waals surface area contributed by atoms with Gasteiger partial charge in [-0.15, -0.1) is 11.3 Å². The summed E-state index contributed by atoms with van der Waals surface area (Å²) in [5, 5.41) is 8.67. The van der Waals surface area contributed by atoms with Gasteiger partial charge in [0.15, 0.2) is 0 Å². The molecule has 0 saturated carbocycles. The molecule has 1 amide bonds. The lowest BCUT2D eigenvalue weighted by molar-refractivity contribution is -0.120. The zero-order chi connectivity index (χ0) is 16.1. The van der Waals surface area contributed by atoms with Crippen molar-refractivity contribution in [2.45, 2.75) is 26.3 Å². The first kappa shape index (κ1) is 15.4. The minimum atomic E-state index is -0.0647. The van der Waals surface area contributed by atoms with Gasteiger partial charge in [0.25, 0.3) is 0 Å². The third kappa shape index (κ3) is 4.04.